The van der Waals surface area contributed by atoms with E-state index < -0.39 is 0 Å². The Morgan fingerprint density at radius 3 is 2.48 bits per heavy atom. The summed E-state index contributed by atoms with van der Waals surface area (Å²) >= 11 is 6.00. The minimum atomic E-state index is -0.311. The highest BCUT2D eigenvalue weighted by molar-refractivity contribution is 6.32. The normalized spacial score (nSPS) is 11.5. The maximum Gasteiger partial charge on any atom is 0.246 e. The molecular weight excluding hydrogens is 288 g/mol. The number of carbonyl (C=O) groups excluding carboxylic acids is 2. The molecule has 0 saturated heterocycles. The summed E-state index contributed by atoms with van der Waals surface area (Å²) in [6.07, 6.45) is 3.05. The molecule has 0 aliphatic rings. The molecule has 21 heavy (non-hydrogen) atoms. The largest absolute Gasteiger partial charge is 0.350 e. The van der Waals surface area contributed by atoms with Gasteiger partial charge in [-0.2, -0.15) is 0 Å². The molecule has 1 aromatic carbocycles. The number of rotatable bonds is 4. The Hall–Kier alpha value is -1.81. The van der Waals surface area contributed by atoms with Crippen molar-refractivity contribution < 1.29 is 9.59 Å². The predicted molar refractivity (Wildman–Crippen MR) is 86.0 cm³/mol. The fourth-order valence-electron chi connectivity index (χ4n) is 1.65. The molecule has 0 saturated carbocycles. The van der Waals surface area contributed by atoms with Crippen LogP contribution in [0.1, 0.15) is 26.3 Å². The van der Waals surface area contributed by atoms with Gasteiger partial charge in [-0.25, -0.2) is 0 Å². The van der Waals surface area contributed by atoms with Crippen molar-refractivity contribution >= 4 is 29.5 Å². The Bertz CT molecular complexity index is 547. The average Bonchev–Trinajstić information content (AvgIpc) is 2.34. The lowest BCUT2D eigenvalue weighted by Gasteiger charge is -2.22. The molecule has 1 aromatic rings. The first-order valence-electron chi connectivity index (χ1n) is 6.68. The van der Waals surface area contributed by atoms with Crippen LogP contribution in [0.2, 0.25) is 5.02 Å². The zero-order valence-corrected chi connectivity index (χ0v) is 13.6. The number of amides is 2. The second kappa shape index (κ2) is 7.27. The van der Waals surface area contributed by atoms with Crippen molar-refractivity contribution in [1.29, 1.82) is 0 Å². The Labute approximate surface area is 130 Å². The Morgan fingerprint density at radius 1 is 1.29 bits per heavy atom. The molecule has 2 amide bonds. The number of hydrogen-bond donors (Lipinski definition) is 1. The van der Waals surface area contributed by atoms with Crippen molar-refractivity contribution in [1.82, 2.24) is 10.2 Å². The van der Waals surface area contributed by atoms with Crippen LogP contribution in [0.25, 0.3) is 6.08 Å². The van der Waals surface area contributed by atoms with Gasteiger partial charge in [-0.1, -0.05) is 29.8 Å². The SMILES string of the molecule is CN(CC(=O)NC(C)(C)C)C(=O)/C=C/c1ccccc1Cl. The van der Waals surface area contributed by atoms with Crippen molar-refractivity contribution in [2.75, 3.05) is 13.6 Å². The van der Waals surface area contributed by atoms with Crippen molar-refractivity contribution in [3.63, 3.8) is 0 Å². The molecule has 0 bridgehead atoms. The van der Waals surface area contributed by atoms with Gasteiger partial charge >= 0.3 is 0 Å². The van der Waals surface area contributed by atoms with E-state index in [0.29, 0.717) is 5.02 Å². The zero-order chi connectivity index (χ0) is 16.0. The molecule has 114 valence electrons. The Kier molecular flexibility index (Phi) is 5.97. The number of carbonyl (C=O) groups is 2. The summed E-state index contributed by atoms with van der Waals surface area (Å²) < 4.78 is 0. The topological polar surface area (TPSA) is 49.4 Å². The van der Waals surface area contributed by atoms with Crippen LogP contribution in [0.4, 0.5) is 0 Å². The molecular formula is C16H21ClN2O2. The van der Waals surface area contributed by atoms with E-state index in [1.54, 1.807) is 19.2 Å². The monoisotopic (exact) mass is 308 g/mol. The van der Waals surface area contributed by atoms with Crippen LogP contribution < -0.4 is 5.32 Å². The van der Waals surface area contributed by atoms with Gasteiger partial charge in [-0.3, -0.25) is 9.59 Å². The first kappa shape index (κ1) is 17.2. The van der Waals surface area contributed by atoms with Crippen LogP contribution in [-0.4, -0.2) is 35.8 Å². The molecule has 1 N–H and O–H groups in total. The van der Waals surface area contributed by atoms with Crippen LogP contribution in [0.5, 0.6) is 0 Å². The van der Waals surface area contributed by atoms with Gasteiger partial charge in [0, 0.05) is 23.7 Å². The summed E-state index contributed by atoms with van der Waals surface area (Å²) in [5, 5.41) is 3.39. The minimum absolute atomic E-state index is 0.0168. The van der Waals surface area contributed by atoms with E-state index in [2.05, 4.69) is 5.32 Å². The highest BCUT2D eigenvalue weighted by Gasteiger charge is 2.16. The number of nitrogens with zero attached hydrogens (tertiary/aromatic N) is 1. The van der Waals surface area contributed by atoms with Crippen LogP contribution in [0.15, 0.2) is 30.3 Å². The summed E-state index contributed by atoms with van der Waals surface area (Å²) in [4.78, 5) is 25.1. The number of hydrogen-bond acceptors (Lipinski definition) is 2. The standard InChI is InChI=1S/C16H21ClN2O2/c1-16(2,3)18-14(20)11-19(4)15(21)10-9-12-7-5-6-8-13(12)17/h5-10H,11H2,1-4H3,(H,18,20)/b10-9+. The van der Waals surface area contributed by atoms with E-state index in [9.17, 15) is 9.59 Å². The third-order valence-electron chi connectivity index (χ3n) is 2.58. The van der Waals surface area contributed by atoms with Gasteiger partial charge in [0.15, 0.2) is 0 Å². The number of halogens is 1. The molecule has 0 atom stereocenters. The first-order chi connectivity index (χ1) is 9.69. The number of nitrogens with one attached hydrogen (secondary N) is 1. The molecule has 0 fully saturated rings. The summed E-state index contributed by atoms with van der Waals surface area (Å²) in [5.41, 5.74) is 0.453. The van der Waals surface area contributed by atoms with E-state index in [1.165, 1.54) is 11.0 Å². The fraction of sp³-hybridized carbons (Fsp3) is 0.375. The van der Waals surface area contributed by atoms with Gasteiger partial charge in [0.2, 0.25) is 11.8 Å². The Balaban J connectivity index is 2.59. The fourth-order valence-corrected chi connectivity index (χ4v) is 1.85. The predicted octanol–water partition coefficient (Wildman–Crippen LogP) is 2.73. The molecule has 5 heteroatoms. The lowest BCUT2D eigenvalue weighted by atomic mass is 10.1. The second-order valence-electron chi connectivity index (χ2n) is 5.85. The van der Waals surface area contributed by atoms with Gasteiger partial charge in [0.1, 0.15) is 0 Å². The Morgan fingerprint density at radius 2 is 1.90 bits per heavy atom. The lowest BCUT2D eigenvalue weighted by molar-refractivity contribution is -0.131. The lowest BCUT2D eigenvalue weighted by Crippen LogP contribution is -2.46. The maximum absolute atomic E-state index is 11.9. The number of benzene rings is 1. The number of likely N-dealkylation sites (N-methyl/N-ethyl adjacent to an activating group) is 1. The molecule has 0 heterocycles. The van der Waals surface area contributed by atoms with E-state index in [0.717, 1.165) is 5.56 Å². The van der Waals surface area contributed by atoms with E-state index in [4.69, 9.17) is 11.6 Å². The van der Waals surface area contributed by atoms with Gasteiger partial charge in [0.05, 0.1) is 6.54 Å². The molecule has 0 aliphatic carbocycles. The first-order valence-corrected chi connectivity index (χ1v) is 7.05. The van der Waals surface area contributed by atoms with Crippen molar-refractivity contribution in [2.24, 2.45) is 0 Å². The molecule has 0 aromatic heterocycles. The summed E-state index contributed by atoms with van der Waals surface area (Å²) in [6.45, 7) is 5.70. The van der Waals surface area contributed by atoms with Crippen molar-refractivity contribution in [3.05, 3.63) is 40.9 Å². The van der Waals surface area contributed by atoms with Gasteiger partial charge in [0.25, 0.3) is 0 Å². The smallest absolute Gasteiger partial charge is 0.246 e. The molecule has 4 nitrogen and oxygen atoms in total. The molecule has 0 radical (unpaired) electrons. The van der Waals surface area contributed by atoms with Crippen LogP contribution in [0, 0.1) is 0 Å². The van der Waals surface area contributed by atoms with Crippen molar-refractivity contribution in [3.8, 4) is 0 Å². The van der Waals surface area contributed by atoms with Crippen LogP contribution in [-0.2, 0) is 9.59 Å². The zero-order valence-electron chi connectivity index (χ0n) is 12.8. The quantitative estimate of drug-likeness (QED) is 0.870. The average molecular weight is 309 g/mol. The summed E-state index contributed by atoms with van der Waals surface area (Å²) in [6, 6.07) is 7.24. The van der Waals surface area contributed by atoms with Crippen LogP contribution in [0.3, 0.4) is 0 Å². The minimum Gasteiger partial charge on any atom is -0.350 e. The highest BCUT2D eigenvalue weighted by atomic mass is 35.5. The highest BCUT2D eigenvalue weighted by Crippen LogP contribution is 2.16. The van der Waals surface area contributed by atoms with E-state index >= 15 is 0 Å². The molecule has 0 aliphatic heterocycles. The molecule has 0 spiro atoms. The maximum atomic E-state index is 11.9. The summed E-state index contributed by atoms with van der Waals surface area (Å²) in [7, 11) is 1.58. The molecule has 1 rings (SSSR count). The van der Waals surface area contributed by atoms with Gasteiger partial charge in [-0.15, -0.1) is 0 Å². The molecule has 0 unspecified atom stereocenters. The third-order valence-corrected chi connectivity index (χ3v) is 2.93. The van der Waals surface area contributed by atoms with E-state index in [-0.39, 0.29) is 23.9 Å². The van der Waals surface area contributed by atoms with Gasteiger partial charge < -0.3 is 10.2 Å². The second-order valence-corrected chi connectivity index (χ2v) is 6.25. The third kappa shape index (κ3) is 6.45. The van der Waals surface area contributed by atoms with Gasteiger partial charge in [-0.05, 0) is 38.5 Å². The summed E-state index contributed by atoms with van der Waals surface area (Å²) in [5.74, 6) is -0.441. The van der Waals surface area contributed by atoms with Crippen LogP contribution >= 0.6 is 11.6 Å². The van der Waals surface area contributed by atoms with Crippen molar-refractivity contribution in [2.45, 2.75) is 26.3 Å². The van der Waals surface area contributed by atoms with E-state index in [1.807, 2.05) is 39.0 Å².